The minimum absolute atomic E-state index is 0.000751. The number of nitrogens with two attached hydrogens (primary N) is 1. The second-order valence-electron chi connectivity index (χ2n) is 6.83. The smallest absolute Gasteiger partial charge is 0.387 e. The Bertz CT molecular complexity index is 622. The van der Waals surface area contributed by atoms with E-state index in [2.05, 4.69) is 4.74 Å². The number of amides is 1. The molecule has 2 fully saturated rings. The first kappa shape index (κ1) is 17.9. The maximum Gasteiger partial charge on any atom is 0.387 e. The van der Waals surface area contributed by atoms with Crippen molar-refractivity contribution in [2.75, 3.05) is 19.7 Å². The second kappa shape index (κ2) is 7.56. The van der Waals surface area contributed by atoms with Gasteiger partial charge in [0.2, 0.25) is 5.91 Å². The molecule has 0 aromatic heterocycles. The van der Waals surface area contributed by atoms with Crippen LogP contribution in [0.2, 0.25) is 0 Å². The van der Waals surface area contributed by atoms with E-state index in [0.717, 1.165) is 24.8 Å². The topological polar surface area (TPSA) is 64.8 Å². The summed E-state index contributed by atoms with van der Waals surface area (Å²) in [4.78, 5) is 13.5. The number of ether oxygens (including phenoxy) is 2. The van der Waals surface area contributed by atoms with Crippen molar-refractivity contribution in [3.8, 4) is 11.5 Å². The maximum absolute atomic E-state index is 12.6. The van der Waals surface area contributed by atoms with Crippen molar-refractivity contribution in [1.82, 2.24) is 4.90 Å². The molecule has 138 valence electrons. The van der Waals surface area contributed by atoms with Crippen LogP contribution in [0.5, 0.6) is 11.5 Å². The van der Waals surface area contributed by atoms with Gasteiger partial charge in [-0.15, -0.1) is 0 Å². The Morgan fingerprint density at radius 2 is 2.12 bits per heavy atom. The summed E-state index contributed by atoms with van der Waals surface area (Å²) in [6, 6.07) is 5.07. The number of carbonyl (C=O) groups excluding carboxylic acids is 1. The van der Waals surface area contributed by atoms with Crippen molar-refractivity contribution in [1.29, 1.82) is 0 Å². The van der Waals surface area contributed by atoms with Crippen LogP contribution < -0.4 is 15.2 Å². The zero-order chi connectivity index (χ0) is 18.0. The Balaban J connectivity index is 1.78. The van der Waals surface area contributed by atoms with Gasteiger partial charge in [0.1, 0.15) is 0 Å². The first-order valence-corrected chi connectivity index (χ1v) is 8.66. The number of hydrogen-bond donors (Lipinski definition) is 1. The van der Waals surface area contributed by atoms with Crippen LogP contribution in [0.3, 0.4) is 0 Å². The van der Waals surface area contributed by atoms with Crippen LogP contribution in [0, 0.1) is 5.92 Å². The number of hydrogen-bond acceptors (Lipinski definition) is 4. The molecule has 2 aliphatic rings. The summed E-state index contributed by atoms with van der Waals surface area (Å²) in [5.74, 6) is 1.01. The molecular formula is C18H24F2N2O3. The lowest BCUT2D eigenvalue weighted by Gasteiger charge is -2.21. The summed E-state index contributed by atoms with van der Waals surface area (Å²) in [5.41, 5.74) is 6.73. The van der Waals surface area contributed by atoms with Gasteiger partial charge in [-0.3, -0.25) is 4.79 Å². The molecule has 1 aliphatic carbocycles. The van der Waals surface area contributed by atoms with Gasteiger partial charge in [0.15, 0.2) is 11.5 Å². The number of alkyl halides is 2. The van der Waals surface area contributed by atoms with Gasteiger partial charge < -0.3 is 20.1 Å². The van der Waals surface area contributed by atoms with E-state index in [1.807, 2.05) is 0 Å². The van der Waals surface area contributed by atoms with Crippen molar-refractivity contribution < 1.29 is 23.0 Å². The molecule has 0 bridgehead atoms. The van der Waals surface area contributed by atoms with Crippen LogP contribution in [0.4, 0.5) is 8.78 Å². The van der Waals surface area contributed by atoms with E-state index >= 15 is 0 Å². The van der Waals surface area contributed by atoms with Gasteiger partial charge in [-0.05, 0) is 42.9 Å². The number of likely N-dealkylation sites (tertiary alicyclic amines) is 1. The molecule has 1 aromatic rings. The highest BCUT2D eigenvalue weighted by molar-refractivity contribution is 5.74. The van der Waals surface area contributed by atoms with E-state index in [0.29, 0.717) is 31.4 Å². The van der Waals surface area contributed by atoms with E-state index in [-0.39, 0.29) is 23.6 Å². The summed E-state index contributed by atoms with van der Waals surface area (Å²) in [7, 11) is 0. The first-order chi connectivity index (χ1) is 12.0. The molecule has 1 heterocycles. The molecule has 25 heavy (non-hydrogen) atoms. The number of rotatable bonds is 7. The first-order valence-electron chi connectivity index (χ1n) is 8.66. The minimum Gasteiger partial charge on any atom is -0.489 e. The van der Waals surface area contributed by atoms with Gasteiger partial charge in [0, 0.05) is 32.0 Å². The molecule has 7 heteroatoms. The summed E-state index contributed by atoms with van der Waals surface area (Å²) >= 11 is 0. The fraction of sp³-hybridized carbons (Fsp3) is 0.611. The highest BCUT2D eigenvalue weighted by Gasteiger charge is 2.34. The predicted octanol–water partition coefficient (Wildman–Crippen LogP) is 2.74. The van der Waals surface area contributed by atoms with Crippen LogP contribution in [0.25, 0.3) is 0 Å². The molecule has 1 aliphatic heterocycles. The highest BCUT2D eigenvalue weighted by Crippen LogP contribution is 2.38. The number of benzene rings is 1. The third kappa shape index (κ3) is 4.39. The highest BCUT2D eigenvalue weighted by atomic mass is 19.3. The Kier molecular flexibility index (Phi) is 5.42. The number of carbonyl (C=O) groups is 1. The van der Waals surface area contributed by atoms with Crippen molar-refractivity contribution in [2.24, 2.45) is 11.7 Å². The normalized spacial score (nSPS) is 23.2. The molecule has 1 amide bonds. The Morgan fingerprint density at radius 1 is 1.36 bits per heavy atom. The van der Waals surface area contributed by atoms with E-state index in [1.54, 1.807) is 17.0 Å². The summed E-state index contributed by atoms with van der Waals surface area (Å²) < 4.78 is 35.5. The maximum atomic E-state index is 12.6. The molecule has 1 saturated carbocycles. The lowest BCUT2D eigenvalue weighted by atomic mass is 9.96. The van der Waals surface area contributed by atoms with Crippen molar-refractivity contribution >= 4 is 5.91 Å². The molecule has 2 atom stereocenters. The van der Waals surface area contributed by atoms with Gasteiger partial charge >= 0.3 is 6.61 Å². The number of halogens is 2. The Morgan fingerprint density at radius 3 is 2.68 bits per heavy atom. The molecule has 0 unspecified atom stereocenters. The van der Waals surface area contributed by atoms with Crippen molar-refractivity contribution in [3.63, 3.8) is 0 Å². The molecule has 3 rings (SSSR count). The zero-order valence-electron chi connectivity index (χ0n) is 14.3. The molecule has 1 saturated heterocycles. The largest absolute Gasteiger partial charge is 0.489 e. The minimum atomic E-state index is -2.89. The second-order valence-corrected chi connectivity index (χ2v) is 6.83. The Labute approximate surface area is 146 Å². The average Bonchev–Trinajstić information content (AvgIpc) is 3.29. The van der Waals surface area contributed by atoms with Crippen molar-refractivity contribution in [3.05, 3.63) is 23.8 Å². The van der Waals surface area contributed by atoms with Crippen LogP contribution in [-0.2, 0) is 4.79 Å². The molecule has 2 N–H and O–H groups in total. The third-order valence-electron chi connectivity index (χ3n) is 4.92. The molecule has 0 spiro atoms. The third-order valence-corrected chi connectivity index (χ3v) is 4.92. The van der Waals surface area contributed by atoms with E-state index < -0.39 is 6.61 Å². The monoisotopic (exact) mass is 354 g/mol. The van der Waals surface area contributed by atoms with Crippen LogP contribution in [0.1, 0.15) is 37.7 Å². The average molecular weight is 354 g/mol. The van der Waals surface area contributed by atoms with E-state index in [1.165, 1.54) is 13.0 Å². The fourth-order valence-electron chi connectivity index (χ4n) is 3.34. The van der Waals surface area contributed by atoms with Gasteiger partial charge in [0.25, 0.3) is 0 Å². The molecule has 5 nitrogen and oxygen atoms in total. The fourth-order valence-corrected chi connectivity index (χ4v) is 3.34. The van der Waals surface area contributed by atoms with Crippen LogP contribution >= 0.6 is 0 Å². The summed E-state index contributed by atoms with van der Waals surface area (Å²) in [5, 5.41) is 0. The zero-order valence-corrected chi connectivity index (χ0v) is 14.3. The van der Waals surface area contributed by atoms with Gasteiger partial charge in [-0.2, -0.15) is 8.78 Å². The summed E-state index contributed by atoms with van der Waals surface area (Å²) in [6.07, 6.45) is 2.98. The summed E-state index contributed by atoms with van der Waals surface area (Å²) in [6.45, 7) is 0.144. The van der Waals surface area contributed by atoms with Gasteiger partial charge in [-0.25, -0.2) is 0 Å². The lowest BCUT2D eigenvalue weighted by molar-refractivity contribution is -0.129. The van der Waals surface area contributed by atoms with Crippen LogP contribution in [0.15, 0.2) is 18.2 Å². The van der Waals surface area contributed by atoms with Gasteiger partial charge in [-0.1, -0.05) is 6.07 Å². The molecule has 0 radical (unpaired) electrons. The standard InChI is InChI=1S/C18H24F2N2O3/c1-11(23)22-9-14(6-15(22)8-21)13-4-5-16(25-18(19)20)17(7-13)24-10-12-2-3-12/h4-5,7,12,14-15,18H,2-3,6,8-10,21H2,1H3/t14-,15-/m1/s1. The SMILES string of the molecule is CC(=O)N1C[C@H](c2ccc(OC(F)F)c(OCC3CC3)c2)C[C@@H]1CN. The van der Waals surface area contributed by atoms with Crippen LogP contribution in [-0.4, -0.2) is 43.2 Å². The van der Waals surface area contributed by atoms with Gasteiger partial charge in [0.05, 0.1) is 6.61 Å². The molecule has 1 aromatic carbocycles. The quantitative estimate of drug-likeness (QED) is 0.818. The number of nitrogens with zero attached hydrogens (tertiary/aromatic N) is 1. The van der Waals surface area contributed by atoms with E-state index in [9.17, 15) is 13.6 Å². The van der Waals surface area contributed by atoms with Crippen molar-refractivity contribution in [2.45, 2.75) is 44.8 Å². The lowest BCUT2D eigenvalue weighted by Crippen LogP contribution is -2.38. The van der Waals surface area contributed by atoms with E-state index in [4.69, 9.17) is 10.5 Å². The Hall–Kier alpha value is -1.89. The molecular weight excluding hydrogens is 330 g/mol. The predicted molar refractivity (Wildman–Crippen MR) is 88.9 cm³/mol.